The molecule has 0 spiro atoms. The molecule has 1 fully saturated rings. The number of rotatable bonds is 7. The quantitative estimate of drug-likeness (QED) is 0.493. The fraction of sp³-hybridized carbons (Fsp3) is 0.440. The maximum absolute atomic E-state index is 12.9. The molecule has 4 rings (SSSR count). The van der Waals surface area contributed by atoms with Gasteiger partial charge in [-0.2, -0.15) is 0 Å². The number of aromatic nitrogens is 2. The predicted octanol–water partition coefficient (Wildman–Crippen LogP) is 3.75. The highest BCUT2D eigenvalue weighted by Gasteiger charge is 2.27. The van der Waals surface area contributed by atoms with E-state index in [0.29, 0.717) is 41.9 Å². The molecule has 0 bridgehead atoms. The van der Waals surface area contributed by atoms with Crippen molar-refractivity contribution in [2.24, 2.45) is 5.92 Å². The summed E-state index contributed by atoms with van der Waals surface area (Å²) >= 11 is 0. The van der Waals surface area contributed by atoms with Crippen molar-refractivity contribution in [2.45, 2.75) is 46.2 Å². The van der Waals surface area contributed by atoms with Crippen LogP contribution in [0.3, 0.4) is 0 Å². The lowest BCUT2D eigenvalue weighted by Crippen LogP contribution is -2.41. The molecule has 10 heteroatoms. The van der Waals surface area contributed by atoms with Crippen molar-refractivity contribution < 1.29 is 23.5 Å². The number of nitrogens with one attached hydrogen (secondary N) is 2. The highest BCUT2D eigenvalue weighted by atomic mass is 16.5. The van der Waals surface area contributed by atoms with Crippen molar-refractivity contribution in [2.75, 3.05) is 30.8 Å². The van der Waals surface area contributed by atoms with E-state index in [1.807, 2.05) is 24.8 Å². The Kier molecular flexibility index (Phi) is 7.09. The van der Waals surface area contributed by atoms with Crippen LogP contribution in [0.1, 0.15) is 54.5 Å². The number of ether oxygens (including phenoxy) is 1. The monoisotopic (exact) mass is 481 g/mol. The van der Waals surface area contributed by atoms with E-state index >= 15 is 0 Å². The van der Waals surface area contributed by atoms with Crippen molar-refractivity contribution in [3.8, 4) is 0 Å². The minimum atomic E-state index is -0.558. The van der Waals surface area contributed by atoms with Crippen LogP contribution in [0.4, 0.5) is 11.4 Å². The average molecular weight is 482 g/mol. The number of furan rings is 1. The lowest BCUT2D eigenvalue weighted by atomic mass is 10.0. The van der Waals surface area contributed by atoms with E-state index in [0.717, 1.165) is 18.5 Å². The number of hydrogen-bond donors (Lipinski definition) is 2. The molecule has 0 radical (unpaired) electrons. The molecule has 10 nitrogen and oxygen atoms in total. The molecular formula is C25H31N5O5. The van der Waals surface area contributed by atoms with Gasteiger partial charge in [-0.25, -0.2) is 9.78 Å². The minimum absolute atomic E-state index is 0.0892. The van der Waals surface area contributed by atoms with Gasteiger partial charge in [0.05, 0.1) is 36.5 Å². The zero-order valence-corrected chi connectivity index (χ0v) is 20.5. The van der Waals surface area contributed by atoms with E-state index in [4.69, 9.17) is 9.15 Å². The average Bonchev–Trinajstić information content (AvgIpc) is 3.46. The van der Waals surface area contributed by atoms with Crippen LogP contribution in [0.5, 0.6) is 0 Å². The smallest absolute Gasteiger partial charge is 0.356 e. The molecule has 2 N–H and O–H groups in total. The molecule has 1 aliphatic rings. The Hall–Kier alpha value is -3.82. The first-order valence-electron chi connectivity index (χ1n) is 11.7. The Bertz CT molecular complexity index is 1220. The Labute approximate surface area is 203 Å². The van der Waals surface area contributed by atoms with Gasteiger partial charge in [0, 0.05) is 38.0 Å². The minimum Gasteiger partial charge on any atom is -0.472 e. The molecule has 3 aromatic heterocycles. The molecule has 0 saturated carbocycles. The first kappa shape index (κ1) is 24.3. The van der Waals surface area contributed by atoms with Gasteiger partial charge in [-0.1, -0.05) is 13.8 Å². The predicted molar refractivity (Wildman–Crippen MR) is 131 cm³/mol. The number of pyridine rings is 1. The number of esters is 1. The molecule has 35 heavy (non-hydrogen) atoms. The van der Waals surface area contributed by atoms with Gasteiger partial charge in [0.25, 0.3) is 5.91 Å². The van der Waals surface area contributed by atoms with Gasteiger partial charge in [-0.05, 0) is 30.9 Å². The molecule has 0 unspecified atom stereocenters. The third kappa shape index (κ3) is 5.16. The van der Waals surface area contributed by atoms with Crippen molar-refractivity contribution in [1.29, 1.82) is 0 Å². The topological polar surface area (TPSA) is 119 Å². The Morgan fingerprint density at radius 2 is 2.00 bits per heavy atom. The Balaban J connectivity index is 1.73. The fourth-order valence-corrected chi connectivity index (χ4v) is 4.44. The number of likely N-dealkylation sites (tertiary alicyclic amines) is 1. The summed E-state index contributed by atoms with van der Waals surface area (Å²) in [7, 11) is 1.31. The van der Waals surface area contributed by atoms with Gasteiger partial charge in [0.15, 0.2) is 5.69 Å². The van der Waals surface area contributed by atoms with E-state index in [1.54, 1.807) is 23.8 Å². The summed E-state index contributed by atoms with van der Waals surface area (Å²) in [5, 5.41) is 7.01. The molecule has 0 aromatic carbocycles. The summed E-state index contributed by atoms with van der Waals surface area (Å²) in [5.41, 5.74) is 2.29. The van der Waals surface area contributed by atoms with Gasteiger partial charge in [-0.3, -0.25) is 9.59 Å². The normalized spacial score (nSPS) is 14.4. The first-order valence-corrected chi connectivity index (χ1v) is 11.7. The molecule has 0 atom stereocenters. The van der Waals surface area contributed by atoms with Gasteiger partial charge >= 0.3 is 5.97 Å². The number of carbonyl (C=O) groups excluding carboxylic acids is 3. The second kappa shape index (κ2) is 10.2. The third-order valence-corrected chi connectivity index (χ3v) is 6.16. The van der Waals surface area contributed by atoms with Gasteiger partial charge in [-0.15, -0.1) is 0 Å². The van der Waals surface area contributed by atoms with Gasteiger partial charge in [0.2, 0.25) is 5.91 Å². The first-order chi connectivity index (χ1) is 16.8. The molecule has 1 aliphatic heterocycles. The number of amides is 2. The lowest BCUT2D eigenvalue weighted by molar-refractivity contribution is -0.129. The van der Waals surface area contributed by atoms with Crippen LogP contribution in [0, 0.1) is 5.92 Å². The SMILES string of the molecule is COC(=O)c1c(NC(=O)c2ccoc2)c2cc(NC3CCN(C(C)=O)CC3)cnc2n1CC(C)C. The molecule has 2 amide bonds. The second-order valence-corrected chi connectivity index (χ2v) is 9.21. The molecular weight excluding hydrogens is 450 g/mol. The van der Waals surface area contributed by atoms with E-state index in [9.17, 15) is 14.4 Å². The molecule has 186 valence electrons. The Morgan fingerprint density at radius 1 is 1.26 bits per heavy atom. The van der Waals surface area contributed by atoms with Gasteiger partial charge < -0.3 is 29.3 Å². The lowest BCUT2D eigenvalue weighted by Gasteiger charge is -2.32. The molecule has 4 heterocycles. The van der Waals surface area contributed by atoms with Crippen LogP contribution in [0.15, 0.2) is 35.3 Å². The highest BCUT2D eigenvalue weighted by Crippen LogP contribution is 2.34. The molecule has 0 aliphatic carbocycles. The summed E-state index contributed by atoms with van der Waals surface area (Å²) in [6, 6.07) is 3.64. The summed E-state index contributed by atoms with van der Waals surface area (Å²) < 4.78 is 11.9. The van der Waals surface area contributed by atoms with Gasteiger partial charge in [0.1, 0.15) is 11.9 Å². The number of nitrogens with zero attached hydrogens (tertiary/aromatic N) is 3. The van der Waals surface area contributed by atoms with Crippen LogP contribution < -0.4 is 10.6 Å². The Morgan fingerprint density at radius 3 is 2.60 bits per heavy atom. The third-order valence-electron chi connectivity index (χ3n) is 6.16. The number of anilines is 2. The van der Waals surface area contributed by atoms with Crippen LogP contribution >= 0.6 is 0 Å². The van der Waals surface area contributed by atoms with E-state index in [-0.39, 0.29) is 23.6 Å². The summed E-state index contributed by atoms with van der Waals surface area (Å²) in [6.07, 6.45) is 6.14. The van der Waals surface area contributed by atoms with Crippen LogP contribution in [0.25, 0.3) is 11.0 Å². The van der Waals surface area contributed by atoms with Crippen molar-refractivity contribution in [3.63, 3.8) is 0 Å². The number of fused-ring (bicyclic) bond motifs is 1. The van der Waals surface area contributed by atoms with Crippen LogP contribution in [0.2, 0.25) is 0 Å². The van der Waals surface area contributed by atoms with Crippen molar-refractivity contribution in [1.82, 2.24) is 14.5 Å². The molecule has 3 aromatic rings. The van der Waals surface area contributed by atoms with E-state index < -0.39 is 11.9 Å². The number of carbonyl (C=O) groups is 3. The van der Waals surface area contributed by atoms with Crippen LogP contribution in [-0.4, -0.2) is 58.5 Å². The number of piperidine rings is 1. The van der Waals surface area contributed by atoms with Crippen molar-refractivity contribution >= 4 is 40.2 Å². The van der Waals surface area contributed by atoms with E-state index in [2.05, 4.69) is 15.6 Å². The number of hydrogen-bond acceptors (Lipinski definition) is 7. The standard InChI is InChI=1S/C25H31N5O5/c1-15(2)13-30-22(25(33)34-4)21(28-24(32)17-7-10-35-14-17)20-11-19(12-26-23(20)30)27-18-5-8-29(9-6-18)16(3)31/h7,10-12,14-15,18,27H,5-6,8-9,13H2,1-4H3,(H,28,32). The maximum Gasteiger partial charge on any atom is 0.356 e. The zero-order chi connectivity index (χ0) is 25.1. The second-order valence-electron chi connectivity index (χ2n) is 9.21. The molecule has 1 saturated heterocycles. The fourth-order valence-electron chi connectivity index (χ4n) is 4.44. The van der Waals surface area contributed by atoms with Crippen molar-refractivity contribution in [3.05, 3.63) is 42.1 Å². The maximum atomic E-state index is 12.9. The number of methoxy groups -OCH3 is 1. The largest absolute Gasteiger partial charge is 0.472 e. The van der Waals surface area contributed by atoms with Crippen LogP contribution in [-0.2, 0) is 16.1 Å². The zero-order valence-electron chi connectivity index (χ0n) is 20.5. The highest BCUT2D eigenvalue weighted by molar-refractivity contribution is 6.14. The summed E-state index contributed by atoms with van der Waals surface area (Å²) in [4.78, 5) is 43.9. The summed E-state index contributed by atoms with van der Waals surface area (Å²) in [5.74, 6) is -0.649. The van der Waals surface area contributed by atoms with E-state index in [1.165, 1.54) is 19.6 Å². The summed E-state index contributed by atoms with van der Waals surface area (Å²) in [6.45, 7) is 7.59.